The van der Waals surface area contributed by atoms with E-state index in [1.165, 1.54) is 18.2 Å². The quantitative estimate of drug-likeness (QED) is 0.302. The van der Waals surface area contributed by atoms with Crippen molar-refractivity contribution >= 4 is 75.3 Å². The Hall–Kier alpha value is -1.96. The van der Waals surface area contributed by atoms with Crippen molar-refractivity contribution in [2.45, 2.75) is 0 Å². The highest BCUT2D eigenvalue weighted by atomic mass is 35.5. The molecule has 3 aromatic rings. The van der Waals surface area contributed by atoms with Crippen LogP contribution in [0, 0.1) is 0 Å². The van der Waals surface area contributed by atoms with Gasteiger partial charge in [0.05, 0.1) is 15.7 Å². The molecule has 0 saturated carbocycles. The van der Waals surface area contributed by atoms with Crippen LogP contribution in [0.2, 0.25) is 20.1 Å². The van der Waals surface area contributed by atoms with E-state index in [9.17, 15) is 9.90 Å². The number of aromatic hydroxyl groups is 1. The molecule has 3 rings (SSSR count). The van der Waals surface area contributed by atoms with Gasteiger partial charge in [-0.3, -0.25) is 10.1 Å². The van der Waals surface area contributed by atoms with E-state index in [1.54, 1.807) is 24.3 Å². The fourth-order valence-electron chi connectivity index (χ4n) is 2.27. The molecule has 0 atom stereocenters. The average molecular weight is 476 g/mol. The fourth-order valence-corrected chi connectivity index (χ4v) is 3.47. The predicted molar refractivity (Wildman–Crippen MR) is 116 cm³/mol. The maximum atomic E-state index is 12.3. The van der Waals surface area contributed by atoms with Gasteiger partial charge in [0, 0.05) is 15.6 Å². The van der Waals surface area contributed by atoms with Crippen LogP contribution >= 0.6 is 58.6 Å². The van der Waals surface area contributed by atoms with Crippen LogP contribution in [0.3, 0.4) is 0 Å². The number of hydrogen-bond acceptors (Lipinski definition) is 4. The summed E-state index contributed by atoms with van der Waals surface area (Å²) in [7, 11) is 0. The van der Waals surface area contributed by atoms with Crippen molar-refractivity contribution in [3.63, 3.8) is 0 Å². The Labute approximate surface area is 185 Å². The Balaban J connectivity index is 1.72. The highest BCUT2D eigenvalue weighted by Gasteiger charge is 2.16. The Morgan fingerprint density at radius 2 is 1.68 bits per heavy atom. The zero-order chi connectivity index (χ0) is 20.4. The molecule has 2 aromatic carbocycles. The van der Waals surface area contributed by atoms with Crippen LogP contribution in [-0.2, 0) is 0 Å². The smallest absolute Gasteiger partial charge is 0.293 e. The molecule has 1 amide bonds. The number of rotatable bonds is 3. The molecule has 0 fully saturated rings. The van der Waals surface area contributed by atoms with E-state index in [0.29, 0.717) is 21.4 Å². The van der Waals surface area contributed by atoms with Crippen LogP contribution in [0.25, 0.3) is 11.3 Å². The van der Waals surface area contributed by atoms with Gasteiger partial charge in [0.15, 0.2) is 16.6 Å². The van der Waals surface area contributed by atoms with E-state index in [0.717, 1.165) is 0 Å². The van der Waals surface area contributed by atoms with Crippen LogP contribution in [0.1, 0.15) is 10.6 Å². The number of furan rings is 1. The highest BCUT2D eigenvalue weighted by Crippen LogP contribution is 2.35. The number of carbonyl (C=O) groups excluding carboxylic acids is 1. The van der Waals surface area contributed by atoms with E-state index >= 15 is 0 Å². The third kappa shape index (κ3) is 4.71. The SMILES string of the molecule is O=C(NC(=S)Nc1cc(Cl)cc(Cl)c1O)c1ccc(-c2ccc(Cl)cc2Cl)o1. The first-order chi connectivity index (χ1) is 13.2. The third-order valence-corrected chi connectivity index (χ3v) is 4.79. The van der Waals surface area contributed by atoms with E-state index in [-0.39, 0.29) is 32.4 Å². The molecule has 0 spiro atoms. The lowest BCUT2D eigenvalue weighted by molar-refractivity contribution is 0.0951. The highest BCUT2D eigenvalue weighted by molar-refractivity contribution is 7.80. The molecule has 5 nitrogen and oxygen atoms in total. The van der Waals surface area contributed by atoms with Gasteiger partial charge < -0.3 is 14.8 Å². The van der Waals surface area contributed by atoms with Gasteiger partial charge in [-0.2, -0.15) is 0 Å². The van der Waals surface area contributed by atoms with Gasteiger partial charge in [0.2, 0.25) is 0 Å². The predicted octanol–water partition coefficient (Wildman–Crippen LogP) is 6.39. The normalized spacial score (nSPS) is 10.6. The second-order valence-electron chi connectivity index (χ2n) is 5.48. The molecular weight excluding hydrogens is 466 g/mol. The maximum absolute atomic E-state index is 12.3. The van der Waals surface area contributed by atoms with Gasteiger partial charge in [-0.05, 0) is 54.7 Å². The summed E-state index contributed by atoms with van der Waals surface area (Å²) in [6.45, 7) is 0. The number of hydrogen-bond donors (Lipinski definition) is 3. The van der Waals surface area contributed by atoms with Gasteiger partial charge in [-0.25, -0.2) is 0 Å². The summed E-state index contributed by atoms with van der Waals surface area (Å²) in [5.41, 5.74) is 0.736. The van der Waals surface area contributed by atoms with Crippen LogP contribution in [-0.4, -0.2) is 16.1 Å². The molecule has 0 unspecified atom stereocenters. The molecule has 10 heteroatoms. The summed E-state index contributed by atoms with van der Waals surface area (Å²) in [5.74, 6) is -0.440. The minimum absolute atomic E-state index is 0.0125. The number of halogens is 4. The van der Waals surface area contributed by atoms with Crippen LogP contribution in [0.5, 0.6) is 5.75 Å². The molecule has 144 valence electrons. The van der Waals surface area contributed by atoms with E-state index in [4.69, 9.17) is 63.0 Å². The van der Waals surface area contributed by atoms with Gasteiger partial charge in [-0.1, -0.05) is 46.4 Å². The summed E-state index contributed by atoms with van der Waals surface area (Å²) in [5, 5.41) is 16.1. The number of phenols is 1. The zero-order valence-electron chi connectivity index (χ0n) is 13.7. The fraction of sp³-hybridized carbons (Fsp3) is 0. The number of carbonyl (C=O) groups is 1. The molecular formula is C18H10Cl4N2O3S. The number of thiocarbonyl (C=S) groups is 1. The zero-order valence-corrected chi connectivity index (χ0v) is 17.6. The molecule has 1 heterocycles. The largest absolute Gasteiger partial charge is 0.504 e. The summed E-state index contributed by atoms with van der Waals surface area (Å²) in [6.07, 6.45) is 0. The Bertz CT molecular complexity index is 1080. The lowest BCUT2D eigenvalue weighted by Gasteiger charge is -2.11. The van der Waals surface area contributed by atoms with Gasteiger partial charge >= 0.3 is 0 Å². The van der Waals surface area contributed by atoms with Crippen LogP contribution in [0.4, 0.5) is 5.69 Å². The molecule has 0 saturated heterocycles. The van der Waals surface area contributed by atoms with E-state index in [2.05, 4.69) is 10.6 Å². The second kappa shape index (κ2) is 8.59. The number of nitrogens with one attached hydrogen (secondary N) is 2. The lowest BCUT2D eigenvalue weighted by atomic mass is 10.2. The summed E-state index contributed by atoms with van der Waals surface area (Å²) in [4.78, 5) is 12.3. The summed E-state index contributed by atoms with van der Waals surface area (Å²) >= 11 is 28.8. The molecule has 1 aromatic heterocycles. The number of anilines is 1. The topological polar surface area (TPSA) is 74.5 Å². The Morgan fingerprint density at radius 3 is 2.39 bits per heavy atom. The van der Waals surface area contributed by atoms with Gasteiger partial charge in [-0.15, -0.1) is 0 Å². The standard InChI is InChI=1S/C18H10Cl4N2O3S/c19-8-1-2-10(11(21)5-8)14-3-4-15(27-14)17(26)24-18(28)23-13-7-9(20)6-12(22)16(13)25/h1-7,25H,(H2,23,24,26,28). The molecule has 0 aliphatic carbocycles. The monoisotopic (exact) mass is 474 g/mol. The van der Waals surface area contributed by atoms with Gasteiger partial charge in [0.25, 0.3) is 5.91 Å². The number of benzene rings is 2. The number of phenolic OH excluding ortho intramolecular Hbond substituents is 1. The van der Waals surface area contributed by atoms with Crippen molar-refractivity contribution in [1.29, 1.82) is 0 Å². The van der Waals surface area contributed by atoms with Crippen molar-refractivity contribution in [2.75, 3.05) is 5.32 Å². The summed E-state index contributed by atoms with van der Waals surface area (Å²) < 4.78 is 5.55. The molecule has 0 bridgehead atoms. The lowest BCUT2D eigenvalue weighted by Crippen LogP contribution is -2.33. The first kappa shape index (κ1) is 20.8. The second-order valence-corrected chi connectivity index (χ2v) is 7.58. The first-order valence-electron chi connectivity index (χ1n) is 7.60. The molecule has 0 radical (unpaired) electrons. The van der Waals surface area contributed by atoms with Crippen molar-refractivity contribution in [3.8, 4) is 17.1 Å². The van der Waals surface area contributed by atoms with E-state index in [1.807, 2.05) is 0 Å². The minimum Gasteiger partial charge on any atom is -0.504 e. The third-order valence-electron chi connectivity index (χ3n) is 3.53. The Morgan fingerprint density at radius 1 is 0.964 bits per heavy atom. The first-order valence-corrected chi connectivity index (χ1v) is 9.52. The van der Waals surface area contributed by atoms with E-state index < -0.39 is 5.91 Å². The maximum Gasteiger partial charge on any atom is 0.293 e. The van der Waals surface area contributed by atoms with Crippen molar-refractivity contribution in [2.24, 2.45) is 0 Å². The average Bonchev–Trinajstić information content (AvgIpc) is 3.09. The molecule has 28 heavy (non-hydrogen) atoms. The van der Waals surface area contributed by atoms with Crippen molar-refractivity contribution < 1.29 is 14.3 Å². The van der Waals surface area contributed by atoms with Crippen molar-refractivity contribution in [3.05, 3.63) is 68.3 Å². The number of amides is 1. The van der Waals surface area contributed by atoms with Crippen LogP contribution in [0.15, 0.2) is 46.9 Å². The van der Waals surface area contributed by atoms with Crippen molar-refractivity contribution in [1.82, 2.24) is 5.32 Å². The van der Waals surface area contributed by atoms with Gasteiger partial charge in [0.1, 0.15) is 5.76 Å². The Kier molecular flexibility index (Phi) is 6.37. The minimum atomic E-state index is -0.596. The van der Waals surface area contributed by atoms with Crippen LogP contribution < -0.4 is 10.6 Å². The molecule has 0 aliphatic rings. The molecule has 0 aliphatic heterocycles. The molecule has 3 N–H and O–H groups in total. The summed E-state index contributed by atoms with van der Waals surface area (Å²) in [6, 6.07) is 10.8.